The Hall–Kier alpha value is -2.54. The predicted molar refractivity (Wildman–Crippen MR) is 128 cm³/mol. The lowest BCUT2D eigenvalue weighted by molar-refractivity contribution is 0.190. The standard InChI is InChI=1S/C25H31N3O2S/c1-26-12-11-24(25-10-5-17-31-25)30-23-9-3-2-6-20(23)19-27-13-15-28(16-14-27)21-7-4-8-22(29)18-21/h2-10,17-18,24,26,29H,11-16,19H2,1H3. The number of hydrogen-bond acceptors (Lipinski definition) is 6. The molecule has 6 heteroatoms. The number of phenols is 1. The zero-order valence-electron chi connectivity index (χ0n) is 18.0. The Morgan fingerprint density at radius 3 is 2.61 bits per heavy atom. The molecule has 1 atom stereocenters. The number of thiophene rings is 1. The number of ether oxygens (including phenoxy) is 1. The van der Waals surface area contributed by atoms with E-state index in [4.69, 9.17) is 4.74 Å². The van der Waals surface area contributed by atoms with Crippen molar-refractivity contribution in [3.8, 4) is 11.5 Å². The summed E-state index contributed by atoms with van der Waals surface area (Å²) in [5.41, 5.74) is 2.33. The normalized spacial score (nSPS) is 15.7. The van der Waals surface area contributed by atoms with E-state index in [-0.39, 0.29) is 6.10 Å². The van der Waals surface area contributed by atoms with Crippen LogP contribution in [-0.4, -0.2) is 49.8 Å². The predicted octanol–water partition coefficient (Wildman–Crippen LogP) is 4.51. The molecule has 1 unspecified atom stereocenters. The van der Waals surface area contributed by atoms with Gasteiger partial charge in [-0.2, -0.15) is 0 Å². The molecule has 2 aromatic carbocycles. The zero-order valence-corrected chi connectivity index (χ0v) is 18.9. The minimum atomic E-state index is 0.0659. The Labute approximate surface area is 188 Å². The molecule has 0 radical (unpaired) electrons. The van der Waals surface area contributed by atoms with E-state index in [2.05, 4.69) is 63.0 Å². The van der Waals surface area contributed by atoms with Crippen molar-refractivity contribution in [2.24, 2.45) is 0 Å². The molecule has 31 heavy (non-hydrogen) atoms. The third-order valence-corrected chi connectivity index (χ3v) is 6.68. The van der Waals surface area contributed by atoms with Crippen LogP contribution in [0.5, 0.6) is 11.5 Å². The Bertz CT molecular complexity index is 939. The second-order valence-electron chi connectivity index (χ2n) is 7.90. The highest BCUT2D eigenvalue weighted by Gasteiger charge is 2.20. The minimum absolute atomic E-state index is 0.0659. The summed E-state index contributed by atoms with van der Waals surface area (Å²) in [6.45, 7) is 5.67. The van der Waals surface area contributed by atoms with Crippen molar-refractivity contribution >= 4 is 17.0 Å². The van der Waals surface area contributed by atoms with Gasteiger partial charge < -0.3 is 20.1 Å². The summed E-state index contributed by atoms with van der Waals surface area (Å²) in [4.78, 5) is 6.09. The van der Waals surface area contributed by atoms with Crippen molar-refractivity contribution in [3.05, 3.63) is 76.5 Å². The van der Waals surface area contributed by atoms with E-state index < -0.39 is 0 Å². The van der Waals surface area contributed by atoms with E-state index in [9.17, 15) is 5.11 Å². The second kappa shape index (κ2) is 10.7. The van der Waals surface area contributed by atoms with Crippen molar-refractivity contribution in [2.45, 2.75) is 19.1 Å². The molecule has 1 fully saturated rings. The SMILES string of the molecule is CNCCC(Oc1ccccc1CN1CCN(c2cccc(O)c2)CC1)c1cccs1. The van der Waals surface area contributed by atoms with Crippen molar-refractivity contribution < 1.29 is 9.84 Å². The van der Waals surface area contributed by atoms with Gasteiger partial charge in [0.2, 0.25) is 0 Å². The molecular weight excluding hydrogens is 406 g/mol. The molecule has 2 N–H and O–H groups in total. The van der Waals surface area contributed by atoms with Crippen molar-refractivity contribution in [1.82, 2.24) is 10.2 Å². The summed E-state index contributed by atoms with van der Waals surface area (Å²) in [5, 5.41) is 15.1. The van der Waals surface area contributed by atoms with Crippen LogP contribution >= 0.6 is 11.3 Å². The monoisotopic (exact) mass is 437 g/mol. The van der Waals surface area contributed by atoms with E-state index >= 15 is 0 Å². The quantitative estimate of drug-likeness (QED) is 0.516. The molecule has 0 amide bonds. The van der Waals surface area contributed by atoms with Crippen molar-refractivity contribution in [1.29, 1.82) is 0 Å². The molecule has 1 aliphatic rings. The first-order valence-electron chi connectivity index (χ1n) is 10.9. The van der Waals surface area contributed by atoms with Gasteiger partial charge in [0.05, 0.1) is 0 Å². The molecule has 0 aliphatic carbocycles. The summed E-state index contributed by atoms with van der Waals surface area (Å²) in [7, 11) is 1.98. The molecule has 5 nitrogen and oxygen atoms in total. The van der Waals surface area contributed by atoms with Gasteiger partial charge in [-0.05, 0) is 43.2 Å². The summed E-state index contributed by atoms with van der Waals surface area (Å²) in [6.07, 6.45) is 1.00. The third kappa shape index (κ3) is 5.79. The molecule has 1 aliphatic heterocycles. The van der Waals surface area contributed by atoms with E-state index in [0.29, 0.717) is 5.75 Å². The Kier molecular flexibility index (Phi) is 7.46. The molecule has 0 saturated carbocycles. The average Bonchev–Trinajstić information content (AvgIpc) is 3.33. The number of phenolic OH excluding ortho intramolecular Hbond substituents is 1. The fourth-order valence-corrected chi connectivity index (χ4v) is 4.80. The van der Waals surface area contributed by atoms with E-state index in [1.807, 2.05) is 19.2 Å². The lowest BCUT2D eigenvalue weighted by Gasteiger charge is -2.36. The van der Waals surface area contributed by atoms with Gasteiger partial charge >= 0.3 is 0 Å². The number of para-hydroxylation sites is 1. The van der Waals surface area contributed by atoms with Crippen LogP contribution in [0.15, 0.2) is 66.0 Å². The summed E-state index contributed by atoms with van der Waals surface area (Å²) < 4.78 is 6.54. The Morgan fingerprint density at radius 1 is 1.03 bits per heavy atom. The molecule has 0 bridgehead atoms. The van der Waals surface area contributed by atoms with Crippen molar-refractivity contribution in [3.63, 3.8) is 0 Å². The maximum absolute atomic E-state index is 9.76. The number of rotatable bonds is 9. The number of hydrogen-bond donors (Lipinski definition) is 2. The van der Waals surface area contributed by atoms with Gasteiger partial charge in [0, 0.05) is 61.3 Å². The number of anilines is 1. The van der Waals surface area contributed by atoms with Crippen LogP contribution in [0.3, 0.4) is 0 Å². The van der Waals surface area contributed by atoms with Crippen LogP contribution in [0.1, 0.15) is 23.0 Å². The maximum atomic E-state index is 9.76. The summed E-state index contributed by atoms with van der Waals surface area (Å²) in [5.74, 6) is 1.30. The minimum Gasteiger partial charge on any atom is -0.508 e. The number of benzene rings is 2. The molecule has 3 aromatic rings. The van der Waals surface area contributed by atoms with Crippen LogP contribution in [-0.2, 0) is 6.54 Å². The van der Waals surface area contributed by atoms with Gasteiger partial charge in [-0.25, -0.2) is 0 Å². The molecule has 164 valence electrons. The lowest BCUT2D eigenvalue weighted by Crippen LogP contribution is -2.46. The van der Waals surface area contributed by atoms with Gasteiger partial charge in [0.1, 0.15) is 17.6 Å². The first-order valence-corrected chi connectivity index (χ1v) is 11.8. The van der Waals surface area contributed by atoms with Gasteiger partial charge in [-0.1, -0.05) is 30.3 Å². The third-order valence-electron chi connectivity index (χ3n) is 5.72. The van der Waals surface area contributed by atoms with Crippen molar-refractivity contribution in [2.75, 3.05) is 44.7 Å². The van der Waals surface area contributed by atoms with Crippen LogP contribution in [0.4, 0.5) is 5.69 Å². The highest BCUT2D eigenvalue weighted by Crippen LogP contribution is 2.31. The topological polar surface area (TPSA) is 48.0 Å². The van der Waals surface area contributed by atoms with Gasteiger partial charge in [0.15, 0.2) is 0 Å². The lowest BCUT2D eigenvalue weighted by atomic mass is 10.1. The first-order chi connectivity index (χ1) is 15.2. The van der Waals surface area contributed by atoms with Gasteiger partial charge in [-0.3, -0.25) is 4.90 Å². The molecule has 2 heterocycles. The van der Waals surface area contributed by atoms with E-state index in [0.717, 1.165) is 57.1 Å². The number of aromatic hydroxyl groups is 1. The first kappa shape index (κ1) is 21.7. The molecule has 4 rings (SSSR count). The molecular formula is C25H31N3O2S. The Morgan fingerprint density at radius 2 is 1.87 bits per heavy atom. The average molecular weight is 438 g/mol. The maximum Gasteiger partial charge on any atom is 0.134 e. The molecule has 1 aromatic heterocycles. The van der Waals surface area contributed by atoms with Crippen LogP contribution in [0.25, 0.3) is 0 Å². The fraction of sp³-hybridized carbons (Fsp3) is 0.360. The van der Waals surface area contributed by atoms with Gasteiger partial charge in [0.25, 0.3) is 0 Å². The Balaban J connectivity index is 1.40. The van der Waals surface area contributed by atoms with Crippen LogP contribution < -0.4 is 15.0 Å². The van der Waals surface area contributed by atoms with E-state index in [1.165, 1.54) is 10.4 Å². The molecule has 1 saturated heterocycles. The smallest absolute Gasteiger partial charge is 0.134 e. The number of piperazine rings is 1. The zero-order chi connectivity index (χ0) is 21.5. The second-order valence-corrected chi connectivity index (χ2v) is 8.88. The van der Waals surface area contributed by atoms with E-state index in [1.54, 1.807) is 17.4 Å². The van der Waals surface area contributed by atoms with Crippen LogP contribution in [0.2, 0.25) is 0 Å². The highest BCUT2D eigenvalue weighted by molar-refractivity contribution is 7.10. The fourth-order valence-electron chi connectivity index (χ4n) is 4.01. The van der Waals surface area contributed by atoms with Gasteiger partial charge in [-0.15, -0.1) is 11.3 Å². The summed E-state index contributed by atoms with van der Waals surface area (Å²) >= 11 is 1.75. The molecule has 0 spiro atoms. The number of nitrogens with one attached hydrogen (secondary N) is 1. The number of nitrogens with zero attached hydrogens (tertiary/aromatic N) is 2. The summed E-state index contributed by atoms with van der Waals surface area (Å²) in [6, 6.07) is 20.2. The van der Waals surface area contributed by atoms with Crippen LogP contribution in [0, 0.1) is 0 Å². The largest absolute Gasteiger partial charge is 0.508 e. The highest BCUT2D eigenvalue weighted by atomic mass is 32.1.